The number of hydrogen-bond donors (Lipinski definition) is 8. The van der Waals surface area contributed by atoms with E-state index in [2.05, 4.69) is 26.3 Å². The SMILES string of the molecule is COc1ccc(NC(O)c2ccc3ccccc3c2)c(C(=O)N[C@@H](Cc2c[nH]c3ccccc23)C(=O)NCCNC(=N)N)c1. The predicted octanol–water partition coefficient (Wildman–Crippen LogP) is 3.37. The molecule has 0 bridgehead atoms. The Hall–Kier alpha value is -5.55. The number of nitrogens with one attached hydrogen (secondary N) is 6. The summed E-state index contributed by atoms with van der Waals surface area (Å²) < 4.78 is 5.38. The molecule has 0 aliphatic carbocycles. The summed E-state index contributed by atoms with van der Waals surface area (Å²) in [6.45, 7) is 0.452. The molecule has 2 atom stereocenters. The van der Waals surface area contributed by atoms with Gasteiger partial charge in [0, 0.05) is 47.9 Å². The number of aliphatic hydroxyl groups excluding tert-OH is 1. The molecule has 0 fully saturated rings. The fourth-order valence-electron chi connectivity index (χ4n) is 5.04. The lowest BCUT2D eigenvalue weighted by Crippen LogP contribution is -2.49. The van der Waals surface area contributed by atoms with Crippen molar-refractivity contribution >= 4 is 45.1 Å². The number of fused-ring (bicyclic) bond motifs is 2. The number of ether oxygens (including phenoxy) is 1. The monoisotopic (exact) mass is 593 g/mol. The summed E-state index contributed by atoms with van der Waals surface area (Å²) in [5.74, 6) is -0.692. The van der Waals surface area contributed by atoms with Gasteiger partial charge in [-0.1, -0.05) is 54.6 Å². The highest BCUT2D eigenvalue weighted by Gasteiger charge is 2.25. The van der Waals surface area contributed by atoms with Crippen molar-refractivity contribution in [2.75, 3.05) is 25.5 Å². The quantitative estimate of drug-likeness (QED) is 0.0473. The topological polar surface area (TPSA) is 177 Å². The van der Waals surface area contributed by atoms with Crippen molar-refractivity contribution in [3.05, 3.63) is 108 Å². The van der Waals surface area contributed by atoms with Crippen molar-refractivity contribution in [2.45, 2.75) is 18.7 Å². The summed E-state index contributed by atoms with van der Waals surface area (Å²) in [6.07, 6.45) is 0.930. The van der Waals surface area contributed by atoms with Crippen molar-refractivity contribution in [1.29, 1.82) is 5.41 Å². The molecule has 5 aromatic rings. The molecule has 11 heteroatoms. The van der Waals surface area contributed by atoms with Crippen molar-refractivity contribution in [3.8, 4) is 5.75 Å². The fraction of sp³-hybridized carbons (Fsp3) is 0.182. The number of guanidine groups is 1. The van der Waals surface area contributed by atoms with E-state index in [1.165, 1.54) is 7.11 Å². The van der Waals surface area contributed by atoms with E-state index in [1.54, 1.807) is 18.2 Å². The van der Waals surface area contributed by atoms with Gasteiger partial charge in [-0.05, 0) is 46.7 Å². The summed E-state index contributed by atoms with van der Waals surface area (Å²) in [4.78, 5) is 30.4. The molecule has 0 spiro atoms. The van der Waals surface area contributed by atoms with Crippen molar-refractivity contribution in [3.63, 3.8) is 0 Å². The van der Waals surface area contributed by atoms with Gasteiger partial charge >= 0.3 is 0 Å². The first-order valence-corrected chi connectivity index (χ1v) is 14.1. The number of H-pyrrole nitrogens is 1. The second-order valence-electron chi connectivity index (χ2n) is 10.3. The highest BCUT2D eigenvalue weighted by atomic mass is 16.5. The lowest BCUT2D eigenvalue weighted by atomic mass is 10.0. The standard InChI is InChI=1S/C33H35N7O4/c1-44-24-12-13-28(39-30(41)22-11-10-20-6-2-3-7-21(20)16-22)26(18-24)31(42)40-29(32(43)36-14-15-37-33(34)35)17-23-19-38-27-9-5-4-8-25(23)27/h2-13,16,18-19,29-30,38-39,41H,14-15,17H2,1H3,(H,36,43)(H,40,42)(H4,34,35,37)/t29-,30?/m0/s1. The molecule has 226 valence electrons. The highest BCUT2D eigenvalue weighted by molar-refractivity contribution is 6.02. The van der Waals surface area contributed by atoms with Gasteiger partial charge in [-0.2, -0.15) is 0 Å². The number of carbonyl (C=O) groups excluding carboxylic acids is 2. The zero-order chi connectivity index (χ0) is 31.1. The Balaban J connectivity index is 1.39. The summed E-state index contributed by atoms with van der Waals surface area (Å²) in [5.41, 5.74) is 8.30. The van der Waals surface area contributed by atoms with E-state index in [1.807, 2.05) is 72.9 Å². The van der Waals surface area contributed by atoms with Crippen LogP contribution >= 0.6 is 0 Å². The molecular weight excluding hydrogens is 558 g/mol. The Morgan fingerprint density at radius 3 is 2.50 bits per heavy atom. The van der Waals surface area contributed by atoms with Crippen LogP contribution in [0.2, 0.25) is 0 Å². The van der Waals surface area contributed by atoms with Crippen LogP contribution in [0.3, 0.4) is 0 Å². The van der Waals surface area contributed by atoms with Gasteiger partial charge in [-0.3, -0.25) is 15.0 Å². The number of aliphatic hydroxyl groups is 1. The van der Waals surface area contributed by atoms with Gasteiger partial charge in [0.05, 0.1) is 12.7 Å². The molecule has 1 unspecified atom stereocenters. The maximum Gasteiger partial charge on any atom is 0.254 e. The second-order valence-corrected chi connectivity index (χ2v) is 10.3. The number of anilines is 1. The first-order chi connectivity index (χ1) is 21.3. The molecule has 1 aromatic heterocycles. The first kappa shape index (κ1) is 29.9. The van der Waals surface area contributed by atoms with Gasteiger partial charge in [0.1, 0.15) is 11.8 Å². The average molecular weight is 594 g/mol. The Morgan fingerprint density at radius 1 is 0.955 bits per heavy atom. The number of benzene rings is 4. The van der Waals surface area contributed by atoms with Crippen LogP contribution in [0, 0.1) is 5.41 Å². The van der Waals surface area contributed by atoms with Gasteiger partial charge in [0.15, 0.2) is 12.2 Å². The van der Waals surface area contributed by atoms with E-state index in [4.69, 9.17) is 15.9 Å². The molecule has 0 radical (unpaired) electrons. The molecule has 44 heavy (non-hydrogen) atoms. The predicted molar refractivity (Wildman–Crippen MR) is 172 cm³/mol. The third kappa shape index (κ3) is 7.08. The third-order valence-corrected chi connectivity index (χ3v) is 7.31. The molecule has 4 aromatic carbocycles. The van der Waals surface area contributed by atoms with E-state index in [-0.39, 0.29) is 31.0 Å². The lowest BCUT2D eigenvalue weighted by molar-refractivity contribution is -0.122. The van der Waals surface area contributed by atoms with Gasteiger partial charge in [-0.15, -0.1) is 0 Å². The maximum absolute atomic E-state index is 13.8. The number of aromatic amines is 1. The summed E-state index contributed by atoms with van der Waals surface area (Å²) >= 11 is 0. The van der Waals surface area contributed by atoms with Crippen molar-refractivity contribution < 1.29 is 19.4 Å². The molecule has 9 N–H and O–H groups in total. The zero-order valence-electron chi connectivity index (χ0n) is 24.2. The number of methoxy groups -OCH3 is 1. The van der Waals surface area contributed by atoms with Crippen LogP contribution < -0.4 is 31.7 Å². The summed E-state index contributed by atoms with van der Waals surface area (Å²) in [5, 5.41) is 32.7. The average Bonchev–Trinajstić information content (AvgIpc) is 3.45. The van der Waals surface area contributed by atoms with Crippen LogP contribution in [0.4, 0.5) is 5.69 Å². The van der Waals surface area contributed by atoms with Gasteiger partial charge in [-0.25, -0.2) is 0 Å². The Bertz CT molecular complexity index is 1800. The van der Waals surface area contributed by atoms with Crippen LogP contribution in [0.15, 0.2) is 91.1 Å². The van der Waals surface area contributed by atoms with E-state index >= 15 is 0 Å². The largest absolute Gasteiger partial charge is 0.497 e. The third-order valence-electron chi connectivity index (χ3n) is 7.31. The molecule has 11 nitrogen and oxygen atoms in total. The van der Waals surface area contributed by atoms with E-state index in [0.29, 0.717) is 17.0 Å². The first-order valence-electron chi connectivity index (χ1n) is 14.1. The Morgan fingerprint density at radius 2 is 1.70 bits per heavy atom. The van der Waals surface area contributed by atoms with Crippen LogP contribution in [0.1, 0.15) is 27.7 Å². The zero-order valence-corrected chi connectivity index (χ0v) is 24.2. The number of para-hydroxylation sites is 1. The minimum Gasteiger partial charge on any atom is -0.497 e. The fourth-order valence-corrected chi connectivity index (χ4v) is 5.04. The minimum absolute atomic E-state index is 0.194. The molecule has 5 rings (SSSR count). The Labute approximate surface area is 254 Å². The van der Waals surface area contributed by atoms with E-state index in [0.717, 1.165) is 27.2 Å². The molecular formula is C33H35N7O4. The number of aromatic nitrogens is 1. The van der Waals surface area contributed by atoms with Crippen LogP contribution in [0.5, 0.6) is 5.75 Å². The number of nitrogens with two attached hydrogens (primary N) is 1. The number of carbonyl (C=O) groups is 2. The molecule has 0 aliphatic heterocycles. The normalized spacial score (nSPS) is 12.3. The molecule has 0 saturated carbocycles. The van der Waals surface area contributed by atoms with E-state index < -0.39 is 24.1 Å². The van der Waals surface area contributed by atoms with E-state index in [9.17, 15) is 14.7 Å². The van der Waals surface area contributed by atoms with Crippen molar-refractivity contribution in [1.82, 2.24) is 20.9 Å². The molecule has 1 heterocycles. The summed E-state index contributed by atoms with van der Waals surface area (Å²) in [7, 11) is 1.50. The van der Waals surface area contributed by atoms with Crippen molar-refractivity contribution in [2.24, 2.45) is 5.73 Å². The molecule has 0 aliphatic rings. The molecule has 2 amide bonds. The number of hydrogen-bond acceptors (Lipinski definition) is 6. The van der Waals surface area contributed by atoms with Crippen LogP contribution in [-0.4, -0.2) is 54.1 Å². The smallest absolute Gasteiger partial charge is 0.254 e. The number of rotatable bonds is 12. The lowest BCUT2D eigenvalue weighted by Gasteiger charge is -2.21. The number of amides is 2. The Kier molecular flexibility index (Phi) is 9.26. The minimum atomic E-state index is -1.11. The van der Waals surface area contributed by atoms with Gasteiger partial charge in [0.2, 0.25) is 5.91 Å². The molecule has 0 saturated heterocycles. The maximum atomic E-state index is 13.8. The summed E-state index contributed by atoms with van der Waals surface area (Å²) in [6, 6.07) is 25.2. The van der Waals surface area contributed by atoms with Gasteiger partial charge in [0.25, 0.3) is 5.91 Å². The van der Waals surface area contributed by atoms with Gasteiger partial charge < -0.3 is 41.8 Å². The second kappa shape index (κ2) is 13.6. The van der Waals surface area contributed by atoms with Crippen LogP contribution in [-0.2, 0) is 11.2 Å². The van der Waals surface area contributed by atoms with Crippen LogP contribution in [0.25, 0.3) is 21.7 Å². The highest BCUT2D eigenvalue weighted by Crippen LogP contribution is 2.27.